The average molecular weight is 263 g/mol. The van der Waals surface area contributed by atoms with Crippen LogP contribution < -0.4 is 0 Å². The molecule has 5 nitrogen and oxygen atoms in total. The van der Waals surface area contributed by atoms with E-state index < -0.39 is 0 Å². The third-order valence-corrected chi connectivity index (χ3v) is 2.96. The van der Waals surface area contributed by atoms with Gasteiger partial charge in [-0.05, 0) is 45.4 Å². The summed E-state index contributed by atoms with van der Waals surface area (Å²) in [5, 5.41) is 7.13. The zero-order valence-electron chi connectivity index (χ0n) is 10.8. The van der Waals surface area contributed by atoms with Crippen molar-refractivity contribution in [3.8, 4) is 11.5 Å². The first-order chi connectivity index (χ1) is 8.59. The van der Waals surface area contributed by atoms with Crippen LogP contribution in [0.1, 0.15) is 13.0 Å². The Kier molecular flexibility index (Phi) is 3.88. The lowest BCUT2D eigenvalue weighted by atomic mass is 10.3. The average Bonchev–Trinajstić information content (AvgIpc) is 2.71. The minimum Gasteiger partial charge on any atom is -0.307 e. The van der Waals surface area contributed by atoms with Crippen LogP contribution in [0.25, 0.3) is 11.5 Å². The van der Waals surface area contributed by atoms with Crippen LogP contribution in [-0.2, 0) is 0 Å². The van der Waals surface area contributed by atoms with E-state index in [1.165, 1.54) is 0 Å². The van der Waals surface area contributed by atoms with E-state index in [1.807, 2.05) is 36.9 Å². The molecule has 0 spiro atoms. The molecule has 2 aromatic heterocycles. The fourth-order valence-corrected chi connectivity index (χ4v) is 2.31. The highest BCUT2D eigenvalue weighted by Gasteiger charge is 2.15. The third-order valence-electron chi connectivity index (χ3n) is 2.67. The van der Waals surface area contributed by atoms with Crippen molar-refractivity contribution in [3.05, 3.63) is 29.2 Å². The number of hydrogen-bond acceptors (Lipinski definition) is 4. The Hall–Kier alpha value is -1.53. The molecular formula is C12H17N5S. The molecule has 0 amide bonds. The summed E-state index contributed by atoms with van der Waals surface area (Å²) in [5.41, 5.74) is 0.829. The third kappa shape index (κ3) is 2.65. The van der Waals surface area contributed by atoms with E-state index in [0.717, 1.165) is 18.1 Å². The molecule has 2 rings (SSSR count). The molecule has 0 saturated heterocycles. The minimum atomic E-state index is 0.239. The van der Waals surface area contributed by atoms with Gasteiger partial charge < -0.3 is 4.90 Å². The highest BCUT2D eigenvalue weighted by atomic mass is 32.1. The first kappa shape index (κ1) is 12.9. The van der Waals surface area contributed by atoms with Crippen molar-refractivity contribution in [2.24, 2.45) is 0 Å². The van der Waals surface area contributed by atoms with Gasteiger partial charge in [0.15, 0.2) is 10.6 Å². The van der Waals surface area contributed by atoms with Gasteiger partial charge in [-0.15, -0.1) is 0 Å². The molecule has 6 heteroatoms. The summed E-state index contributed by atoms with van der Waals surface area (Å²) in [6, 6.07) is 6.01. The quantitative estimate of drug-likeness (QED) is 0.859. The molecule has 0 aliphatic carbocycles. The van der Waals surface area contributed by atoms with E-state index in [9.17, 15) is 0 Å². The molecule has 18 heavy (non-hydrogen) atoms. The number of nitrogens with zero attached hydrogens (tertiary/aromatic N) is 4. The summed E-state index contributed by atoms with van der Waals surface area (Å²) in [7, 11) is 4.08. The van der Waals surface area contributed by atoms with Crippen LogP contribution in [0.2, 0.25) is 0 Å². The van der Waals surface area contributed by atoms with Crippen LogP contribution in [0.15, 0.2) is 24.4 Å². The first-order valence-electron chi connectivity index (χ1n) is 5.82. The number of likely N-dealkylation sites (N-methyl/N-ethyl adjacent to an activating group) is 1. The molecule has 0 aromatic carbocycles. The largest absolute Gasteiger partial charge is 0.307 e. The Morgan fingerprint density at radius 2 is 2.22 bits per heavy atom. The van der Waals surface area contributed by atoms with Crippen molar-refractivity contribution in [2.75, 3.05) is 20.6 Å². The molecule has 0 aliphatic heterocycles. The van der Waals surface area contributed by atoms with E-state index in [-0.39, 0.29) is 6.04 Å². The van der Waals surface area contributed by atoms with Crippen molar-refractivity contribution < 1.29 is 0 Å². The van der Waals surface area contributed by atoms with E-state index in [2.05, 4.69) is 27.0 Å². The summed E-state index contributed by atoms with van der Waals surface area (Å²) in [4.78, 5) is 6.45. The van der Waals surface area contributed by atoms with Gasteiger partial charge in [0.05, 0.1) is 0 Å². The predicted molar refractivity (Wildman–Crippen MR) is 73.9 cm³/mol. The summed E-state index contributed by atoms with van der Waals surface area (Å²) in [6.45, 7) is 3.02. The maximum absolute atomic E-state index is 5.30. The van der Waals surface area contributed by atoms with Crippen molar-refractivity contribution in [3.63, 3.8) is 0 Å². The van der Waals surface area contributed by atoms with Crippen LogP contribution in [0, 0.1) is 4.77 Å². The molecule has 1 atom stereocenters. The summed E-state index contributed by atoms with van der Waals surface area (Å²) in [6.07, 6.45) is 1.76. The Balaban J connectivity index is 2.42. The van der Waals surface area contributed by atoms with Gasteiger partial charge in [0.25, 0.3) is 0 Å². The highest BCUT2D eigenvalue weighted by Crippen LogP contribution is 2.19. The highest BCUT2D eigenvalue weighted by molar-refractivity contribution is 7.71. The van der Waals surface area contributed by atoms with Gasteiger partial charge in [-0.25, -0.2) is 0 Å². The zero-order valence-corrected chi connectivity index (χ0v) is 11.6. The van der Waals surface area contributed by atoms with Crippen molar-refractivity contribution in [1.29, 1.82) is 0 Å². The zero-order chi connectivity index (χ0) is 13.1. The van der Waals surface area contributed by atoms with Gasteiger partial charge >= 0.3 is 0 Å². The van der Waals surface area contributed by atoms with Gasteiger partial charge in [0.2, 0.25) is 0 Å². The number of aromatic nitrogens is 4. The fraction of sp³-hybridized carbons (Fsp3) is 0.417. The van der Waals surface area contributed by atoms with Gasteiger partial charge in [-0.1, -0.05) is 6.07 Å². The lowest BCUT2D eigenvalue weighted by Crippen LogP contribution is -2.23. The van der Waals surface area contributed by atoms with Crippen LogP contribution in [0.5, 0.6) is 0 Å². The molecule has 0 radical (unpaired) electrons. The molecule has 2 heterocycles. The standard InChI is InChI=1S/C12H17N5S/c1-9(8-16(2)3)17-11(14-15-12(17)18)10-6-4-5-7-13-10/h4-7,9H,8H2,1-3H3,(H,15,18). The number of aromatic amines is 1. The Morgan fingerprint density at radius 1 is 1.44 bits per heavy atom. The van der Waals surface area contributed by atoms with Crippen molar-refractivity contribution in [2.45, 2.75) is 13.0 Å². The SMILES string of the molecule is CC(CN(C)C)n1c(-c2ccccn2)n[nH]c1=S. The Bertz CT molecular complexity index is 557. The summed E-state index contributed by atoms with van der Waals surface area (Å²) >= 11 is 5.30. The Morgan fingerprint density at radius 3 is 2.83 bits per heavy atom. The maximum atomic E-state index is 5.30. The number of nitrogens with one attached hydrogen (secondary N) is 1. The molecule has 0 bridgehead atoms. The van der Waals surface area contributed by atoms with E-state index >= 15 is 0 Å². The fourth-order valence-electron chi connectivity index (χ4n) is 2.00. The van der Waals surface area contributed by atoms with Gasteiger partial charge in [-0.2, -0.15) is 5.10 Å². The van der Waals surface area contributed by atoms with Crippen molar-refractivity contribution in [1.82, 2.24) is 24.6 Å². The topological polar surface area (TPSA) is 49.7 Å². The number of rotatable bonds is 4. The van der Waals surface area contributed by atoms with E-state index in [4.69, 9.17) is 12.2 Å². The molecule has 0 fully saturated rings. The van der Waals surface area contributed by atoms with E-state index in [1.54, 1.807) is 6.20 Å². The molecular weight excluding hydrogens is 246 g/mol. The maximum Gasteiger partial charge on any atom is 0.195 e. The minimum absolute atomic E-state index is 0.239. The monoisotopic (exact) mass is 263 g/mol. The smallest absolute Gasteiger partial charge is 0.195 e. The lowest BCUT2D eigenvalue weighted by Gasteiger charge is -2.19. The second-order valence-corrected chi connectivity index (χ2v) is 4.94. The Labute approximate surface area is 111 Å². The molecule has 2 aromatic rings. The van der Waals surface area contributed by atoms with Crippen LogP contribution in [-0.4, -0.2) is 45.3 Å². The number of hydrogen-bond donors (Lipinski definition) is 1. The summed E-state index contributed by atoms with van der Waals surface area (Å²) in [5.74, 6) is 0.787. The number of pyridine rings is 1. The summed E-state index contributed by atoms with van der Waals surface area (Å²) < 4.78 is 2.64. The normalized spacial score (nSPS) is 12.9. The van der Waals surface area contributed by atoms with Gasteiger partial charge in [0.1, 0.15) is 5.69 Å². The van der Waals surface area contributed by atoms with Crippen LogP contribution in [0.3, 0.4) is 0 Å². The number of H-pyrrole nitrogens is 1. The molecule has 96 valence electrons. The predicted octanol–water partition coefficient (Wildman–Crippen LogP) is 2.13. The van der Waals surface area contributed by atoms with Crippen molar-refractivity contribution >= 4 is 12.2 Å². The first-order valence-corrected chi connectivity index (χ1v) is 6.23. The van der Waals surface area contributed by atoms with Crippen LogP contribution in [0.4, 0.5) is 0 Å². The second kappa shape index (κ2) is 5.41. The van der Waals surface area contributed by atoms with Crippen LogP contribution >= 0.6 is 12.2 Å². The van der Waals surface area contributed by atoms with Gasteiger partial charge in [-0.3, -0.25) is 14.6 Å². The second-order valence-electron chi connectivity index (χ2n) is 4.55. The van der Waals surface area contributed by atoms with Gasteiger partial charge in [0, 0.05) is 18.8 Å². The molecule has 1 N–H and O–H groups in total. The van der Waals surface area contributed by atoms with E-state index in [0.29, 0.717) is 4.77 Å². The lowest BCUT2D eigenvalue weighted by molar-refractivity contribution is 0.336. The molecule has 0 aliphatic rings. The molecule has 1 unspecified atom stereocenters. The molecule has 0 saturated carbocycles.